The van der Waals surface area contributed by atoms with Gasteiger partial charge in [-0.05, 0) is 75.7 Å². The minimum absolute atomic E-state index is 0.0678. The van der Waals surface area contributed by atoms with Crippen LogP contribution in [0.2, 0.25) is 0 Å². The van der Waals surface area contributed by atoms with Crippen LogP contribution < -0.4 is 0 Å². The van der Waals surface area contributed by atoms with Crippen molar-refractivity contribution >= 4 is 15.7 Å². The number of ether oxygens (including phenoxy) is 1. The van der Waals surface area contributed by atoms with Gasteiger partial charge in [0, 0.05) is 37.6 Å². The van der Waals surface area contributed by atoms with Gasteiger partial charge in [0.15, 0.2) is 9.84 Å². The second-order valence-corrected chi connectivity index (χ2v) is 11.4. The number of rotatable bonds is 6. The van der Waals surface area contributed by atoms with Crippen molar-refractivity contribution in [1.82, 2.24) is 9.80 Å². The molecule has 2 aliphatic carbocycles. The highest BCUT2D eigenvalue weighted by atomic mass is 32.2. The molecule has 0 N–H and O–H groups in total. The number of benzene rings is 1. The molecule has 2 saturated carbocycles. The molecule has 6 nitrogen and oxygen atoms in total. The monoisotopic (exact) mass is 420 g/mol. The van der Waals surface area contributed by atoms with Crippen LogP contribution in [0.3, 0.4) is 0 Å². The van der Waals surface area contributed by atoms with Crippen molar-refractivity contribution in [3.05, 3.63) is 29.8 Å². The molecule has 0 aromatic heterocycles. The highest BCUT2D eigenvalue weighted by Gasteiger charge is 2.45. The maximum atomic E-state index is 13.1. The molecule has 7 heteroatoms. The fourth-order valence-electron chi connectivity index (χ4n) is 4.87. The Labute approximate surface area is 174 Å². The minimum atomic E-state index is -3.33. The Morgan fingerprint density at radius 3 is 2.48 bits per heavy atom. The summed E-state index contributed by atoms with van der Waals surface area (Å²) in [5.74, 6) is 1.61. The zero-order valence-electron chi connectivity index (χ0n) is 17.6. The van der Waals surface area contributed by atoms with Crippen LogP contribution in [0, 0.1) is 17.8 Å². The normalized spacial score (nSPS) is 29.9. The number of likely N-dealkylation sites (N-methyl/N-ethyl adjacent to an activating group) is 1. The lowest BCUT2D eigenvalue weighted by atomic mass is 9.77. The van der Waals surface area contributed by atoms with Gasteiger partial charge in [0.25, 0.3) is 5.91 Å². The number of nitrogens with zero attached hydrogens (tertiary/aromatic N) is 2. The minimum Gasteiger partial charge on any atom is -0.376 e. The summed E-state index contributed by atoms with van der Waals surface area (Å²) in [6, 6.07) is 6.79. The third kappa shape index (κ3) is 4.67. The second-order valence-electron chi connectivity index (χ2n) is 9.35. The smallest absolute Gasteiger partial charge is 0.253 e. The topological polar surface area (TPSA) is 66.9 Å². The summed E-state index contributed by atoms with van der Waals surface area (Å²) in [5.41, 5.74) is 0.456. The summed E-state index contributed by atoms with van der Waals surface area (Å²) in [4.78, 5) is 17.5. The molecule has 1 aromatic carbocycles. The van der Waals surface area contributed by atoms with E-state index in [0.717, 1.165) is 38.5 Å². The molecule has 1 saturated heterocycles. The molecular formula is C22H32N2O4S. The lowest BCUT2D eigenvalue weighted by Gasteiger charge is -2.41. The quantitative estimate of drug-likeness (QED) is 0.706. The molecular weight excluding hydrogens is 388 g/mol. The van der Waals surface area contributed by atoms with Gasteiger partial charge in [-0.3, -0.25) is 4.79 Å². The molecule has 0 unspecified atom stereocenters. The van der Waals surface area contributed by atoms with E-state index in [1.807, 2.05) is 4.90 Å². The largest absolute Gasteiger partial charge is 0.376 e. The van der Waals surface area contributed by atoms with E-state index in [0.29, 0.717) is 23.4 Å². The number of carbonyl (C=O) groups excluding carboxylic acids is 1. The number of fused-ring (bicyclic) bond motifs is 1. The summed E-state index contributed by atoms with van der Waals surface area (Å²) in [7, 11) is 0.908. The van der Waals surface area contributed by atoms with Crippen LogP contribution in [0.5, 0.6) is 0 Å². The highest BCUT2D eigenvalue weighted by Crippen LogP contribution is 2.40. The first kappa shape index (κ1) is 20.8. The first-order chi connectivity index (χ1) is 13.7. The molecule has 3 fully saturated rings. The van der Waals surface area contributed by atoms with Crippen LogP contribution in [0.4, 0.5) is 0 Å². The van der Waals surface area contributed by atoms with Crippen molar-refractivity contribution in [3.63, 3.8) is 0 Å². The lowest BCUT2D eigenvalue weighted by Crippen LogP contribution is -2.48. The fourth-order valence-corrected chi connectivity index (χ4v) is 5.53. The second kappa shape index (κ2) is 8.00. The zero-order chi connectivity index (χ0) is 20.8. The number of amides is 1. The van der Waals surface area contributed by atoms with Crippen LogP contribution in [0.1, 0.15) is 36.0 Å². The van der Waals surface area contributed by atoms with E-state index in [2.05, 4.69) is 19.0 Å². The Morgan fingerprint density at radius 1 is 1.17 bits per heavy atom. The van der Waals surface area contributed by atoms with Crippen LogP contribution in [0.15, 0.2) is 29.2 Å². The van der Waals surface area contributed by atoms with E-state index in [-0.39, 0.29) is 16.9 Å². The van der Waals surface area contributed by atoms with Crippen LogP contribution in [-0.2, 0) is 14.6 Å². The molecule has 4 rings (SSSR count). The van der Waals surface area contributed by atoms with Gasteiger partial charge in [-0.2, -0.15) is 0 Å². The highest BCUT2D eigenvalue weighted by molar-refractivity contribution is 7.90. The molecule has 0 radical (unpaired) electrons. The van der Waals surface area contributed by atoms with E-state index in [9.17, 15) is 13.2 Å². The molecule has 1 amide bonds. The van der Waals surface area contributed by atoms with Gasteiger partial charge >= 0.3 is 0 Å². The summed E-state index contributed by atoms with van der Waals surface area (Å²) in [6.07, 6.45) is 6.02. The van der Waals surface area contributed by atoms with E-state index in [1.165, 1.54) is 25.2 Å². The van der Waals surface area contributed by atoms with Gasteiger partial charge < -0.3 is 14.5 Å². The van der Waals surface area contributed by atoms with E-state index in [1.54, 1.807) is 18.2 Å². The van der Waals surface area contributed by atoms with Gasteiger partial charge in [-0.15, -0.1) is 0 Å². The lowest BCUT2D eigenvalue weighted by molar-refractivity contribution is -0.0493. The SMILES string of the molecule is CN(C)[C@@H]1C[C@@H]2CN(C(=O)c3cccc(S(C)(=O)=O)c3)C[C@@H]2C[C@H]1OCC1CC1. The molecule has 4 atom stereocenters. The Balaban J connectivity index is 1.45. The first-order valence-electron chi connectivity index (χ1n) is 10.6. The van der Waals surface area contributed by atoms with E-state index >= 15 is 0 Å². The van der Waals surface area contributed by atoms with Gasteiger partial charge in [0.1, 0.15) is 0 Å². The van der Waals surface area contributed by atoms with Crippen molar-refractivity contribution in [1.29, 1.82) is 0 Å². The average molecular weight is 421 g/mol. The Kier molecular flexibility index (Phi) is 5.75. The molecule has 0 spiro atoms. The first-order valence-corrected chi connectivity index (χ1v) is 12.5. The van der Waals surface area contributed by atoms with Gasteiger partial charge in [0.05, 0.1) is 11.0 Å². The predicted octanol–water partition coefficient (Wildman–Crippen LogP) is 2.30. The van der Waals surface area contributed by atoms with Gasteiger partial charge in [-0.1, -0.05) is 6.07 Å². The Morgan fingerprint density at radius 2 is 1.86 bits per heavy atom. The number of hydrogen-bond acceptors (Lipinski definition) is 5. The molecule has 1 aliphatic heterocycles. The number of sulfone groups is 1. The van der Waals surface area contributed by atoms with Crippen molar-refractivity contribution in [3.8, 4) is 0 Å². The van der Waals surface area contributed by atoms with E-state index in [4.69, 9.17) is 4.74 Å². The number of likely N-dealkylation sites (tertiary alicyclic amines) is 1. The molecule has 1 aromatic rings. The van der Waals surface area contributed by atoms with Gasteiger partial charge in [-0.25, -0.2) is 8.42 Å². The van der Waals surface area contributed by atoms with Crippen molar-refractivity contribution in [2.45, 2.75) is 42.7 Å². The summed E-state index contributed by atoms with van der Waals surface area (Å²) >= 11 is 0. The third-order valence-electron chi connectivity index (χ3n) is 6.79. The Hall–Kier alpha value is -1.44. The van der Waals surface area contributed by atoms with E-state index < -0.39 is 9.84 Å². The average Bonchev–Trinajstić information content (AvgIpc) is 3.41. The zero-order valence-corrected chi connectivity index (χ0v) is 18.4. The van der Waals surface area contributed by atoms with Crippen LogP contribution in [-0.4, -0.2) is 76.3 Å². The molecule has 29 heavy (non-hydrogen) atoms. The van der Waals surface area contributed by atoms with Crippen LogP contribution in [0.25, 0.3) is 0 Å². The van der Waals surface area contributed by atoms with Crippen molar-refractivity contribution in [2.75, 3.05) is 40.0 Å². The predicted molar refractivity (Wildman–Crippen MR) is 112 cm³/mol. The third-order valence-corrected chi connectivity index (χ3v) is 7.90. The summed E-state index contributed by atoms with van der Waals surface area (Å²) < 4.78 is 30.0. The summed E-state index contributed by atoms with van der Waals surface area (Å²) in [6.45, 7) is 2.34. The number of hydrogen-bond donors (Lipinski definition) is 0. The fraction of sp³-hybridized carbons (Fsp3) is 0.682. The number of carbonyl (C=O) groups is 1. The maximum absolute atomic E-state index is 13.1. The summed E-state index contributed by atoms with van der Waals surface area (Å²) in [5, 5.41) is 0. The van der Waals surface area contributed by atoms with Crippen molar-refractivity contribution in [2.24, 2.45) is 17.8 Å². The standard InChI is InChI=1S/C22H32N2O4S/c1-23(2)20-10-17-12-24(13-18(17)11-21(20)28-14-15-7-8-15)22(25)16-5-4-6-19(9-16)29(3,26)27/h4-6,9,15,17-18,20-21H,7-8,10-14H2,1-3H3/t17-,18+,20-,21-/m1/s1. The van der Waals surface area contributed by atoms with Gasteiger partial charge in [0.2, 0.25) is 0 Å². The molecule has 1 heterocycles. The molecule has 160 valence electrons. The molecule has 0 bridgehead atoms. The maximum Gasteiger partial charge on any atom is 0.253 e. The molecule has 3 aliphatic rings. The Bertz CT molecular complexity index is 865. The van der Waals surface area contributed by atoms with Crippen LogP contribution >= 0.6 is 0 Å². The van der Waals surface area contributed by atoms with Crippen molar-refractivity contribution < 1.29 is 17.9 Å².